The third-order valence-corrected chi connectivity index (χ3v) is 1.04. The zero-order valence-corrected chi connectivity index (χ0v) is 5.38. The van der Waals surface area contributed by atoms with Crippen LogP contribution in [0.3, 0.4) is 0 Å². The molecular formula is C5H5BN2O2. The van der Waals surface area contributed by atoms with E-state index in [0.717, 1.165) is 0 Å². The monoisotopic (exact) mass is 136 g/mol. The molecule has 0 bridgehead atoms. The molecule has 0 aliphatic rings. The van der Waals surface area contributed by atoms with Gasteiger partial charge in [0, 0.05) is 5.59 Å². The van der Waals surface area contributed by atoms with Gasteiger partial charge in [-0.3, -0.25) is 4.79 Å². The molecule has 0 aliphatic carbocycles. The second kappa shape index (κ2) is 2.17. The molecule has 5 heteroatoms. The van der Waals surface area contributed by atoms with Gasteiger partial charge in [0.05, 0.1) is 0 Å². The summed E-state index contributed by atoms with van der Waals surface area (Å²) in [7, 11) is 5.14. The van der Waals surface area contributed by atoms with Crippen molar-refractivity contribution in [2.24, 2.45) is 0 Å². The number of nitrogens with one attached hydrogen (secondary N) is 1. The van der Waals surface area contributed by atoms with Crippen molar-refractivity contribution in [3.8, 4) is 5.75 Å². The Kier molecular flexibility index (Phi) is 1.49. The molecule has 0 aliphatic heterocycles. The zero-order valence-electron chi connectivity index (χ0n) is 5.38. The molecule has 0 fully saturated rings. The highest BCUT2D eigenvalue weighted by Gasteiger charge is 2.00. The average molecular weight is 136 g/mol. The van der Waals surface area contributed by atoms with Crippen molar-refractivity contribution < 1.29 is 5.11 Å². The maximum absolute atomic E-state index is 10.6. The van der Waals surface area contributed by atoms with Crippen LogP contribution in [-0.4, -0.2) is 22.9 Å². The lowest BCUT2D eigenvalue weighted by Crippen LogP contribution is -2.21. The van der Waals surface area contributed by atoms with Gasteiger partial charge in [0.2, 0.25) is 0 Å². The van der Waals surface area contributed by atoms with E-state index in [2.05, 4.69) is 9.97 Å². The van der Waals surface area contributed by atoms with Crippen LogP contribution in [0.4, 0.5) is 0 Å². The smallest absolute Gasteiger partial charge is 0.292 e. The Morgan fingerprint density at radius 3 is 2.80 bits per heavy atom. The predicted molar refractivity (Wildman–Crippen MR) is 36.6 cm³/mol. The standard InChI is InChI=1S/C5H5BN2O2/c1-2-7-4(6)3(9)5(10)8-2/h9H,1H3,(H,7,8,10). The molecule has 1 aromatic heterocycles. The highest BCUT2D eigenvalue weighted by molar-refractivity contribution is 6.32. The first kappa shape index (κ1) is 6.86. The fourth-order valence-electron chi connectivity index (χ4n) is 0.601. The second-order valence-electron chi connectivity index (χ2n) is 1.89. The lowest BCUT2D eigenvalue weighted by atomic mass is 10.0. The second-order valence-corrected chi connectivity index (χ2v) is 1.89. The van der Waals surface area contributed by atoms with Gasteiger partial charge in [0.25, 0.3) is 5.56 Å². The minimum atomic E-state index is -0.606. The fourth-order valence-corrected chi connectivity index (χ4v) is 0.601. The molecular weight excluding hydrogens is 131 g/mol. The number of aromatic nitrogens is 2. The van der Waals surface area contributed by atoms with E-state index in [4.69, 9.17) is 13.0 Å². The Balaban J connectivity index is 3.46. The molecule has 0 spiro atoms. The summed E-state index contributed by atoms with van der Waals surface area (Å²) in [6.45, 7) is 1.58. The largest absolute Gasteiger partial charge is 0.502 e. The van der Waals surface area contributed by atoms with Gasteiger partial charge >= 0.3 is 0 Å². The topological polar surface area (TPSA) is 66.0 Å². The Hall–Kier alpha value is -1.26. The van der Waals surface area contributed by atoms with Crippen LogP contribution >= 0.6 is 0 Å². The summed E-state index contributed by atoms with van der Waals surface area (Å²) in [6, 6.07) is 0. The lowest BCUT2D eigenvalue weighted by Gasteiger charge is -1.96. The number of aromatic hydroxyl groups is 1. The Labute approximate surface area is 58.3 Å². The Bertz CT molecular complexity index is 307. The Morgan fingerprint density at radius 2 is 2.30 bits per heavy atom. The van der Waals surface area contributed by atoms with Gasteiger partial charge in [-0.05, 0) is 6.92 Å². The molecule has 0 amide bonds. The molecule has 2 radical (unpaired) electrons. The minimum absolute atomic E-state index is 0.138. The summed E-state index contributed by atoms with van der Waals surface area (Å²) in [5, 5.41) is 8.80. The molecule has 10 heavy (non-hydrogen) atoms. The van der Waals surface area contributed by atoms with E-state index in [-0.39, 0.29) is 5.59 Å². The number of nitrogens with zero attached hydrogens (tertiary/aromatic N) is 1. The third kappa shape index (κ3) is 1.02. The summed E-state index contributed by atoms with van der Waals surface area (Å²) in [5.41, 5.74) is -0.744. The summed E-state index contributed by atoms with van der Waals surface area (Å²) in [6.07, 6.45) is 0. The quantitative estimate of drug-likeness (QED) is 0.430. The maximum Gasteiger partial charge on any atom is 0.292 e. The first-order valence-electron chi connectivity index (χ1n) is 2.66. The van der Waals surface area contributed by atoms with E-state index in [9.17, 15) is 4.79 Å². The van der Waals surface area contributed by atoms with Crippen molar-refractivity contribution in [3.63, 3.8) is 0 Å². The first-order chi connectivity index (χ1) is 4.61. The summed E-state index contributed by atoms with van der Waals surface area (Å²) in [5.74, 6) is -0.133. The van der Waals surface area contributed by atoms with Gasteiger partial charge < -0.3 is 10.1 Å². The zero-order chi connectivity index (χ0) is 7.72. The molecule has 0 saturated carbocycles. The van der Waals surface area contributed by atoms with Gasteiger partial charge in [-0.1, -0.05) is 0 Å². The first-order valence-corrected chi connectivity index (χ1v) is 2.66. The molecule has 0 unspecified atom stereocenters. The van der Waals surface area contributed by atoms with Crippen molar-refractivity contribution in [1.29, 1.82) is 0 Å². The van der Waals surface area contributed by atoms with Crippen LogP contribution in [0.25, 0.3) is 0 Å². The number of hydrogen-bond acceptors (Lipinski definition) is 3. The molecule has 0 atom stereocenters. The SMILES string of the molecule is [B]c1nc(C)[nH]c(=O)c1O. The number of H-pyrrole nitrogens is 1. The van der Waals surface area contributed by atoms with Crippen LogP contribution < -0.4 is 11.2 Å². The molecule has 4 nitrogen and oxygen atoms in total. The molecule has 1 heterocycles. The van der Waals surface area contributed by atoms with Crippen molar-refractivity contribution in [2.45, 2.75) is 6.92 Å². The lowest BCUT2D eigenvalue weighted by molar-refractivity contribution is 0.468. The minimum Gasteiger partial charge on any atom is -0.502 e. The van der Waals surface area contributed by atoms with Crippen LogP contribution in [0.15, 0.2) is 4.79 Å². The van der Waals surface area contributed by atoms with Gasteiger partial charge in [0.15, 0.2) is 5.75 Å². The van der Waals surface area contributed by atoms with Crippen LogP contribution in [0, 0.1) is 6.92 Å². The summed E-state index contributed by atoms with van der Waals surface area (Å²) < 4.78 is 0. The fraction of sp³-hybridized carbons (Fsp3) is 0.200. The Morgan fingerprint density at radius 1 is 1.70 bits per heavy atom. The number of aromatic amines is 1. The number of rotatable bonds is 0. The van der Waals surface area contributed by atoms with Crippen molar-refractivity contribution in [1.82, 2.24) is 9.97 Å². The molecule has 2 N–H and O–H groups in total. The van der Waals surface area contributed by atoms with Gasteiger partial charge in [0.1, 0.15) is 13.7 Å². The van der Waals surface area contributed by atoms with Gasteiger partial charge in [-0.2, -0.15) is 0 Å². The van der Waals surface area contributed by atoms with Gasteiger partial charge in [-0.15, -0.1) is 0 Å². The van der Waals surface area contributed by atoms with E-state index in [1.54, 1.807) is 6.92 Å². The van der Waals surface area contributed by atoms with E-state index in [0.29, 0.717) is 5.82 Å². The van der Waals surface area contributed by atoms with Crippen LogP contribution in [0.2, 0.25) is 0 Å². The highest BCUT2D eigenvalue weighted by atomic mass is 16.3. The van der Waals surface area contributed by atoms with E-state index in [1.807, 2.05) is 0 Å². The van der Waals surface area contributed by atoms with E-state index < -0.39 is 11.3 Å². The van der Waals surface area contributed by atoms with Crippen LogP contribution in [-0.2, 0) is 0 Å². The number of aryl methyl sites for hydroxylation is 1. The van der Waals surface area contributed by atoms with E-state index in [1.165, 1.54) is 0 Å². The molecule has 0 aromatic carbocycles. The summed E-state index contributed by atoms with van der Waals surface area (Å²) in [4.78, 5) is 16.5. The molecule has 1 aromatic rings. The van der Waals surface area contributed by atoms with Gasteiger partial charge in [-0.25, -0.2) is 4.98 Å². The average Bonchev–Trinajstić information content (AvgIpc) is 1.82. The van der Waals surface area contributed by atoms with Crippen molar-refractivity contribution >= 4 is 13.4 Å². The van der Waals surface area contributed by atoms with Crippen molar-refractivity contribution in [2.75, 3.05) is 0 Å². The predicted octanol–water partition coefficient (Wildman–Crippen LogP) is -1.42. The van der Waals surface area contributed by atoms with E-state index >= 15 is 0 Å². The summed E-state index contributed by atoms with van der Waals surface area (Å²) >= 11 is 0. The normalized spacial score (nSPS) is 9.70. The highest BCUT2D eigenvalue weighted by Crippen LogP contribution is 1.88. The molecule has 0 saturated heterocycles. The van der Waals surface area contributed by atoms with Crippen LogP contribution in [0.1, 0.15) is 5.82 Å². The maximum atomic E-state index is 10.6. The molecule has 1 rings (SSSR count). The van der Waals surface area contributed by atoms with Crippen molar-refractivity contribution in [3.05, 3.63) is 16.2 Å². The molecule has 50 valence electrons. The third-order valence-electron chi connectivity index (χ3n) is 1.04. The number of hydrogen-bond donors (Lipinski definition) is 2. The van der Waals surface area contributed by atoms with Crippen LogP contribution in [0.5, 0.6) is 5.75 Å².